The molecule has 0 saturated carbocycles. The number of hydrogen-bond acceptors (Lipinski definition) is 3. The Morgan fingerprint density at radius 3 is 2.44 bits per heavy atom. The van der Waals surface area contributed by atoms with Gasteiger partial charge in [-0.3, -0.25) is 0 Å². The normalized spacial score (nSPS) is 11.7. The molecule has 0 aromatic heterocycles. The summed E-state index contributed by atoms with van der Waals surface area (Å²) in [5.74, 6) is -2.27. The summed E-state index contributed by atoms with van der Waals surface area (Å²) in [4.78, 5) is 20.7. The van der Waals surface area contributed by atoms with E-state index in [-0.39, 0.29) is 6.61 Å². The van der Waals surface area contributed by atoms with Crippen molar-refractivity contribution in [3.63, 3.8) is 0 Å². The molecule has 4 nitrogen and oxygen atoms in total. The van der Waals surface area contributed by atoms with E-state index in [1.807, 2.05) is 0 Å². The average molecular weight is 228 g/mol. The zero-order valence-electron chi connectivity index (χ0n) is 10.2. The highest BCUT2D eigenvalue weighted by Gasteiger charge is 2.12. The van der Waals surface area contributed by atoms with Gasteiger partial charge in [0, 0.05) is 0 Å². The highest BCUT2D eigenvalue weighted by Crippen LogP contribution is 2.11. The molecule has 0 aliphatic heterocycles. The van der Waals surface area contributed by atoms with Gasteiger partial charge < -0.3 is 9.84 Å². The standard InChI is InChI=1S/C12H20O4/c1-9(2)5-4-6-10(3)7-8-16-12(15)11(13)14/h5,10H,4,6-8H2,1-3H3,(H,13,14). The molecule has 0 saturated heterocycles. The molecule has 92 valence electrons. The summed E-state index contributed by atoms with van der Waals surface area (Å²) in [6.45, 7) is 6.35. The van der Waals surface area contributed by atoms with Crippen LogP contribution in [0.4, 0.5) is 0 Å². The van der Waals surface area contributed by atoms with Crippen molar-refractivity contribution in [3.8, 4) is 0 Å². The van der Waals surface area contributed by atoms with Crippen molar-refractivity contribution >= 4 is 11.9 Å². The number of allylic oxidation sites excluding steroid dienone is 2. The zero-order valence-corrected chi connectivity index (χ0v) is 10.2. The molecule has 16 heavy (non-hydrogen) atoms. The number of carboxylic acids is 1. The van der Waals surface area contributed by atoms with Crippen LogP contribution in [-0.4, -0.2) is 23.7 Å². The van der Waals surface area contributed by atoms with Gasteiger partial charge in [0.25, 0.3) is 0 Å². The van der Waals surface area contributed by atoms with E-state index in [0.29, 0.717) is 12.3 Å². The first-order chi connectivity index (χ1) is 7.43. The number of hydrogen-bond donors (Lipinski definition) is 1. The molecule has 0 radical (unpaired) electrons. The fourth-order valence-electron chi connectivity index (χ4n) is 1.22. The van der Waals surface area contributed by atoms with E-state index in [1.165, 1.54) is 5.57 Å². The van der Waals surface area contributed by atoms with E-state index in [1.54, 1.807) is 0 Å². The SMILES string of the molecule is CC(C)=CCCC(C)CCOC(=O)C(=O)O. The van der Waals surface area contributed by atoms with E-state index in [2.05, 4.69) is 31.6 Å². The van der Waals surface area contributed by atoms with Crippen molar-refractivity contribution in [2.45, 2.75) is 40.0 Å². The molecule has 0 amide bonds. The van der Waals surface area contributed by atoms with Crippen LogP contribution in [0.2, 0.25) is 0 Å². The number of carboxylic acid groups (broad SMARTS) is 1. The highest BCUT2D eigenvalue weighted by molar-refractivity contribution is 6.28. The summed E-state index contributed by atoms with van der Waals surface area (Å²) in [5.41, 5.74) is 1.30. The van der Waals surface area contributed by atoms with E-state index in [0.717, 1.165) is 12.8 Å². The smallest absolute Gasteiger partial charge is 0.417 e. The third kappa shape index (κ3) is 8.03. The third-order valence-corrected chi connectivity index (χ3v) is 2.23. The van der Waals surface area contributed by atoms with Crippen LogP contribution in [0.5, 0.6) is 0 Å². The van der Waals surface area contributed by atoms with E-state index in [4.69, 9.17) is 5.11 Å². The van der Waals surface area contributed by atoms with Crippen molar-refractivity contribution < 1.29 is 19.4 Å². The summed E-state index contributed by atoms with van der Waals surface area (Å²) in [6.07, 6.45) is 4.90. The van der Waals surface area contributed by atoms with Gasteiger partial charge in [0.05, 0.1) is 6.61 Å². The van der Waals surface area contributed by atoms with E-state index >= 15 is 0 Å². The Labute approximate surface area is 96.3 Å². The first-order valence-electron chi connectivity index (χ1n) is 5.47. The van der Waals surface area contributed by atoms with Gasteiger partial charge >= 0.3 is 11.9 Å². The fraction of sp³-hybridized carbons (Fsp3) is 0.667. The Balaban J connectivity index is 3.58. The van der Waals surface area contributed by atoms with Crippen LogP contribution in [0.3, 0.4) is 0 Å². The third-order valence-electron chi connectivity index (χ3n) is 2.23. The molecule has 4 heteroatoms. The first kappa shape index (κ1) is 14.7. The molecule has 0 aromatic carbocycles. The predicted molar refractivity (Wildman–Crippen MR) is 61.0 cm³/mol. The van der Waals surface area contributed by atoms with Gasteiger partial charge in [0.1, 0.15) is 0 Å². The van der Waals surface area contributed by atoms with Gasteiger partial charge in [0.2, 0.25) is 0 Å². The van der Waals surface area contributed by atoms with Crippen LogP contribution < -0.4 is 0 Å². The maximum Gasteiger partial charge on any atom is 0.417 e. The van der Waals surface area contributed by atoms with Crippen molar-refractivity contribution in [1.29, 1.82) is 0 Å². The van der Waals surface area contributed by atoms with Crippen LogP contribution in [0.1, 0.15) is 40.0 Å². The Morgan fingerprint density at radius 2 is 1.94 bits per heavy atom. The van der Waals surface area contributed by atoms with Crippen molar-refractivity contribution in [3.05, 3.63) is 11.6 Å². The average Bonchev–Trinajstić information content (AvgIpc) is 2.16. The number of aliphatic carboxylic acids is 1. The zero-order chi connectivity index (χ0) is 12.6. The Morgan fingerprint density at radius 1 is 1.31 bits per heavy atom. The molecule has 1 unspecified atom stereocenters. The number of carbonyl (C=O) groups is 2. The fourth-order valence-corrected chi connectivity index (χ4v) is 1.22. The lowest BCUT2D eigenvalue weighted by atomic mass is 10.0. The predicted octanol–water partition coefficient (Wildman–Crippen LogP) is 2.39. The molecule has 0 heterocycles. The minimum Gasteiger partial charge on any atom is -0.473 e. The molecule has 0 rings (SSSR count). The molecule has 0 spiro atoms. The Kier molecular flexibility index (Phi) is 7.25. The van der Waals surface area contributed by atoms with Crippen molar-refractivity contribution in [2.75, 3.05) is 6.61 Å². The Hall–Kier alpha value is -1.32. The second-order valence-electron chi connectivity index (χ2n) is 4.19. The van der Waals surface area contributed by atoms with Crippen LogP contribution in [0.15, 0.2) is 11.6 Å². The molecule has 1 atom stereocenters. The minimum atomic E-state index is -1.53. The van der Waals surface area contributed by atoms with Gasteiger partial charge in [-0.05, 0) is 39.0 Å². The molecular weight excluding hydrogens is 208 g/mol. The lowest BCUT2D eigenvalue weighted by Crippen LogP contribution is -2.17. The van der Waals surface area contributed by atoms with Gasteiger partial charge in [-0.1, -0.05) is 18.6 Å². The number of rotatable bonds is 6. The van der Waals surface area contributed by atoms with Crippen LogP contribution >= 0.6 is 0 Å². The topological polar surface area (TPSA) is 63.6 Å². The van der Waals surface area contributed by atoms with E-state index in [9.17, 15) is 9.59 Å². The first-order valence-corrected chi connectivity index (χ1v) is 5.47. The summed E-state index contributed by atoms with van der Waals surface area (Å²) < 4.78 is 4.55. The molecule has 0 bridgehead atoms. The molecule has 0 aliphatic rings. The maximum atomic E-state index is 10.6. The summed E-state index contributed by atoms with van der Waals surface area (Å²) in [6, 6.07) is 0. The molecular formula is C12H20O4. The monoisotopic (exact) mass is 228 g/mol. The van der Waals surface area contributed by atoms with Crippen LogP contribution in [-0.2, 0) is 14.3 Å². The minimum absolute atomic E-state index is 0.182. The van der Waals surface area contributed by atoms with Crippen molar-refractivity contribution in [2.24, 2.45) is 5.92 Å². The van der Waals surface area contributed by atoms with Crippen LogP contribution in [0, 0.1) is 5.92 Å². The number of carbonyl (C=O) groups excluding carboxylic acids is 1. The maximum absolute atomic E-state index is 10.6. The molecule has 0 aliphatic carbocycles. The van der Waals surface area contributed by atoms with Crippen LogP contribution in [0.25, 0.3) is 0 Å². The second kappa shape index (κ2) is 7.91. The molecule has 0 fully saturated rings. The lowest BCUT2D eigenvalue weighted by molar-refractivity contribution is -0.164. The van der Waals surface area contributed by atoms with Gasteiger partial charge in [-0.15, -0.1) is 0 Å². The quantitative estimate of drug-likeness (QED) is 0.430. The highest BCUT2D eigenvalue weighted by atomic mass is 16.6. The largest absolute Gasteiger partial charge is 0.473 e. The summed E-state index contributed by atoms with van der Waals surface area (Å²) >= 11 is 0. The molecule has 1 N–H and O–H groups in total. The summed E-state index contributed by atoms with van der Waals surface area (Å²) in [5, 5.41) is 8.27. The van der Waals surface area contributed by atoms with Gasteiger partial charge in [-0.25, -0.2) is 9.59 Å². The second-order valence-corrected chi connectivity index (χ2v) is 4.19. The molecule has 0 aromatic rings. The van der Waals surface area contributed by atoms with E-state index < -0.39 is 11.9 Å². The summed E-state index contributed by atoms with van der Waals surface area (Å²) in [7, 11) is 0. The van der Waals surface area contributed by atoms with Gasteiger partial charge in [0.15, 0.2) is 0 Å². The Bertz CT molecular complexity index is 264. The lowest BCUT2D eigenvalue weighted by Gasteiger charge is -2.09. The van der Waals surface area contributed by atoms with Gasteiger partial charge in [-0.2, -0.15) is 0 Å². The number of ether oxygens (including phenoxy) is 1. The number of esters is 1. The van der Waals surface area contributed by atoms with Crippen molar-refractivity contribution in [1.82, 2.24) is 0 Å².